The second kappa shape index (κ2) is 2.14. The van der Waals surface area contributed by atoms with E-state index in [9.17, 15) is 0 Å². The first kappa shape index (κ1) is 5.48. The largest absolute Gasteiger partial charge is 0.244 e. The second-order valence-corrected chi connectivity index (χ2v) is 2.14. The Bertz CT molecular complexity index is 257. The molecule has 0 unspecified atom stereocenters. The van der Waals surface area contributed by atoms with Gasteiger partial charge in [-0.2, -0.15) is 8.75 Å². The van der Waals surface area contributed by atoms with E-state index >= 15 is 0 Å². The predicted molar refractivity (Wildman–Crippen MR) is 33.2 cm³/mol. The fourth-order valence-corrected chi connectivity index (χ4v) is 0.978. The topological polar surface area (TPSA) is 64.7 Å². The van der Waals surface area contributed by atoms with Crippen LogP contribution >= 0.6 is 11.7 Å². The van der Waals surface area contributed by atoms with Crippen molar-refractivity contribution in [2.75, 3.05) is 0 Å². The minimum absolute atomic E-state index is 0.619. The molecule has 0 amide bonds. The highest BCUT2D eigenvalue weighted by molar-refractivity contribution is 6.99. The van der Waals surface area contributed by atoms with Gasteiger partial charge in [-0.15, -0.1) is 0 Å². The Morgan fingerprint density at radius 2 is 2.30 bits per heavy atom. The molecular weight excluding hydrogens is 152 g/mol. The lowest BCUT2D eigenvalue weighted by Gasteiger charge is -1.76. The van der Waals surface area contributed by atoms with Gasteiger partial charge in [-0.25, -0.2) is 4.63 Å². The summed E-state index contributed by atoms with van der Waals surface area (Å²) < 4.78 is 12.1. The Hall–Kier alpha value is -1.30. The van der Waals surface area contributed by atoms with Crippen molar-refractivity contribution < 1.29 is 4.63 Å². The first-order valence-corrected chi connectivity index (χ1v) is 3.25. The zero-order valence-corrected chi connectivity index (χ0v) is 5.58. The maximum absolute atomic E-state index is 4.38. The normalized spacial score (nSPS) is 10.0. The molecule has 0 aromatic carbocycles. The molecule has 0 aliphatic rings. The minimum atomic E-state index is 0.619. The molecule has 0 saturated carbocycles. The molecule has 0 fully saturated rings. The first-order chi connectivity index (χ1) is 4.97. The van der Waals surface area contributed by atoms with Crippen molar-refractivity contribution >= 4 is 11.7 Å². The average Bonchev–Trinajstić information content (AvgIpc) is 2.59. The smallest absolute Gasteiger partial charge is 0.156 e. The van der Waals surface area contributed by atoms with Gasteiger partial charge in [0.05, 0.1) is 17.9 Å². The van der Waals surface area contributed by atoms with E-state index in [1.807, 2.05) is 0 Å². The third-order valence-electron chi connectivity index (χ3n) is 0.985. The van der Waals surface area contributed by atoms with Crippen LogP contribution in [0.25, 0.3) is 11.4 Å². The summed E-state index contributed by atoms with van der Waals surface area (Å²) in [6.45, 7) is 0. The molecule has 5 nitrogen and oxygen atoms in total. The summed E-state index contributed by atoms with van der Waals surface area (Å²) in [4.78, 5) is 0. The van der Waals surface area contributed by atoms with Crippen molar-refractivity contribution in [2.45, 2.75) is 0 Å². The maximum Gasteiger partial charge on any atom is 0.156 e. The Labute approximate surface area is 60.0 Å². The van der Waals surface area contributed by atoms with Crippen molar-refractivity contribution in [3.05, 3.63) is 12.4 Å². The molecule has 0 saturated heterocycles. The van der Waals surface area contributed by atoms with Crippen LogP contribution in [-0.2, 0) is 0 Å². The molecule has 0 bridgehead atoms. The number of rotatable bonds is 1. The summed E-state index contributed by atoms with van der Waals surface area (Å²) in [6, 6.07) is 0. The fraction of sp³-hybridized carbons (Fsp3) is 0. The lowest BCUT2D eigenvalue weighted by molar-refractivity contribution is 0.308. The van der Waals surface area contributed by atoms with Crippen molar-refractivity contribution in [2.24, 2.45) is 0 Å². The summed E-state index contributed by atoms with van der Waals surface area (Å²) in [5, 5.41) is 7.01. The van der Waals surface area contributed by atoms with Gasteiger partial charge < -0.3 is 0 Å². The average molecular weight is 154 g/mol. The molecule has 6 heteroatoms. The summed E-state index contributed by atoms with van der Waals surface area (Å²) in [7, 11) is 0. The molecule has 0 N–H and O–H groups in total. The molecule has 0 atom stereocenters. The van der Waals surface area contributed by atoms with Crippen LogP contribution in [0.5, 0.6) is 0 Å². The molecule has 2 heterocycles. The summed E-state index contributed by atoms with van der Waals surface area (Å²) in [5.74, 6) is 0. The highest BCUT2D eigenvalue weighted by atomic mass is 32.1. The molecule has 2 rings (SSSR count). The Morgan fingerprint density at radius 3 is 2.90 bits per heavy atom. The van der Waals surface area contributed by atoms with Crippen LogP contribution < -0.4 is 0 Å². The van der Waals surface area contributed by atoms with Crippen LogP contribution in [0.3, 0.4) is 0 Å². The van der Waals surface area contributed by atoms with Gasteiger partial charge in [0.1, 0.15) is 11.9 Å². The molecule has 10 heavy (non-hydrogen) atoms. The molecule has 0 spiro atoms. The highest BCUT2D eigenvalue weighted by Crippen LogP contribution is 2.11. The van der Waals surface area contributed by atoms with Crippen LogP contribution in [0.4, 0.5) is 0 Å². The van der Waals surface area contributed by atoms with Crippen molar-refractivity contribution in [3.63, 3.8) is 0 Å². The lowest BCUT2D eigenvalue weighted by atomic mass is 10.4. The first-order valence-electron chi connectivity index (χ1n) is 2.52. The van der Waals surface area contributed by atoms with Crippen LogP contribution in [0.2, 0.25) is 0 Å². The number of hydrogen-bond donors (Lipinski definition) is 0. The number of nitrogens with zero attached hydrogens (tertiary/aromatic N) is 4. The SMILES string of the molecule is c1nonc1-c1cnsn1. The molecule has 2 aromatic heterocycles. The van der Waals surface area contributed by atoms with E-state index in [1.165, 1.54) is 6.20 Å². The zero-order chi connectivity index (χ0) is 6.81. The minimum Gasteiger partial charge on any atom is -0.244 e. The maximum atomic E-state index is 4.38. The molecule has 0 aliphatic carbocycles. The summed E-state index contributed by atoms with van der Waals surface area (Å²) >= 11 is 1.13. The van der Waals surface area contributed by atoms with E-state index in [0.29, 0.717) is 11.4 Å². The number of aromatic nitrogens is 4. The Morgan fingerprint density at radius 1 is 1.30 bits per heavy atom. The van der Waals surface area contributed by atoms with Gasteiger partial charge in [-0.05, 0) is 5.16 Å². The quantitative estimate of drug-likeness (QED) is 0.601. The van der Waals surface area contributed by atoms with Gasteiger partial charge in [-0.3, -0.25) is 0 Å². The summed E-state index contributed by atoms with van der Waals surface area (Å²) in [5.41, 5.74) is 1.32. The van der Waals surface area contributed by atoms with Gasteiger partial charge in [0.2, 0.25) is 0 Å². The third kappa shape index (κ3) is 0.781. The van der Waals surface area contributed by atoms with E-state index in [2.05, 4.69) is 23.7 Å². The highest BCUT2D eigenvalue weighted by Gasteiger charge is 2.03. The molecule has 2 aromatic rings. The molecular formula is C4H2N4OS. The lowest BCUT2D eigenvalue weighted by Crippen LogP contribution is -1.72. The number of hydrogen-bond acceptors (Lipinski definition) is 6. The van der Waals surface area contributed by atoms with Gasteiger partial charge in [-0.1, -0.05) is 5.16 Å². The van der Waals surface area contributed by atoms with Gasteiger partial charge >= 0.3 is 0 Å². The Kier molecular flexibility index (Phi) is 1.17. The second-order valence-electron chi connectivity index (χ2n) is 1.59. The van der Waals surface area contributed by atoms with Crippen LogP contribution in [0.1, 0.15) is 0 Å². The van der Waals surface area contributed by atoms with Gasteiger partial charge in [0.25, 0.3) is 0 Å². The molecule has 50 valence electrons. The Balaban J connectivity index is 2.48. The van der Waals surface area contributed by atoms with Crippen LogP contribution in [0, 0.1) is 0 Å². The van der Waals surface area contributed by atoms with Crippen molar-refractivity contribution in [1.82, 2.24) is 19.1 Å². The van der Waals surface area contributed by atoms with Crippen LogP contribution in [-0.4, -0.2) is 19.1 Å². The van der Waals surface area contributed by atoms with Crippen molar-refractivity contribution in [3.8, 4) is 11.4 Å². The van der Waals surface area contributed by atoms with E-state index in [1.54, 1.807) is 6.20 Å². The standard InChI is InChI=1S/C4H2N4OS/c1-3(7-9-5-1)4-2-6-10-8-4/h1-2H. The van der Waals surface area contributed by atoms with E-state index in [4.69, 9.17) is 0 Å². The van der Waals surface area contributed by atoms with E-state index in [-0.39, 0.29) is 0 Å². The third-order valence-corrected chi connectivity index (χ3v) is 1.46. The van der Waals surface area contributed by atoms with E-state index in [0.717, 1.165) is 11.7 Å². The van der Waals surface area contributed by atoms with Gasteiger partial charge in [0.15, 0.2) is 5.69 Å². The van der Waals surface area contributed by atoms with Gasteiger partial charge in [0, 0.05) is 0 Å². The molecule has 0 aliphatic heterocycles. The predicted octanol–water partition coefficient (Wildman–Crippen LogP) is 0.588. The van der Waals surface area contributed by atoms with E-state index < -0.39 is 0 Å². The summed E-state index contributed by atoms with van der Waals surface area (Å²) in [6.07, 6.45) is 3.11. The zero-order valence-electron chi connectivity index (χ0n) is 4.76. The monoisotopic (exact) mass is 154 g/mol. The fourth-order valence-electron chi connectivity index (χ4n) is 0.555. The van der Waals surface area contributed by atoms with Crippen molar-refractivity contribution in [1.29, 1.82) is 0 Å². The molecule has 0 radical (unpaired) electrons. The van der Waals surface area contributed by atoms with Crippen LogP contribution in [0.15, 0.2) is 17.0 Å².